The lowest BCUT2D eigenvalue weighted by molar-refractivity contribution is 0.181. The van der Waals surface area contributed by atoms with E-state index in [0.29, 0.717) is 17.6 Å². The number of benzene rings is 1. The number of rotatable bonds is 3. The van der Waals surface area contributed by atoms with Crippen LogP contribution in [0, 0.1) is 0 Å². The van der Waals surface area contributed by atoms with E-state index in [9.17, 15) is 5.11 Å². The van der Waals surface area contributed by atoms with Crippen LogP contribution in [0.25, 0.3) is 11.4 Å². The highest BCUT2D eigenvalue weighted by Gasteiger charge is 2.05. The number of phenols is 1. The van der Waals surface area contributed by atoms with Crippen molar-refractivity contribution < 1.29 is 9.84 Å². The molecule has 0 saturated heterocycles. The molecule has 2 aromatic rings. The van der Waals surface area contributed by atoms with Gasteiger partial charge in [0.1, 0.15) is 10.9 Å². The molecule has 1 aromatic heterocycles. The SMILES string of the molecule is COCc1cc(Cl)nc(-c2ccc(O)cc2)n1. The van der Waals surface area contributed by atoms with Crippen molar-refractivity contribution in [3.05, 3.63) is 41.2 Å². The fourth-order valence-electron chi connectivity index (χ4n) is 1.43. The predicted molar refractivity (Wildman–Crippen MR) is 64.9 cm³/mol. The van der Waals surface area contributed by atoms with Gasteiger partial charge in [-0.3, -0.25) is 0 Å². The second kappa shape index (κ2) is 5.12. The van der Waals surface area contributed by atoms with Crippen molar-refractivity contribution in [2.24, 2.45) is 0 Å². The molecule has 0 unspecified atom stereocenters. The van der Waals surface area contributed by atoms with Gasteiger partial charge in [-0.1, -0.05) is 11.6 Å². The topological polar surface area (TPSA) is 55.2 Å². The van der Waals surface area contributed by atoms with E-state index in [1.807, 2.05) is 0 Å². The van der Waals surface area contributed by atoms with Gasteiger partial charge in [0.25, 0.3) is 0 Å². The number of halogens is 1. The van der Waals surface area contributed by atoms with E-state index in [2.05, 4.69) is 9.97 Å². The molecule has 0 aliphatic carbocycles. The summed E-state index contributed by atoms with van der Waals surface area (Å²) in [5, 5.41) is 9.58. The molecule has 0 atom stereocenters. The number of ether oxygens (including phenoxy) is 1. The molecule has 0 aliphatic rings. The smallest absolute Gasteiger partial charge is 0.161 e. The van der Waals surface area contributed by atoms with Crippen LogP contribution < -0.4 is 0 Å². The zero-order valence-electron chi connectivity index (χ0n) is 9.22. The Morgan fingerprint density at radius 2 is 1.94 bits per heavy atom. The van der Waals surface area contributed by atoms with Crippen LogP contribution in [0.4, 0.5) is 0 Å². The maximum Gasteiger partial charge on any atom is 0.161 e. The molecule has 4 nitrogen and oxygen atoms in total. The molecule has 0 spiro atoms. The van der Waals surface area contributed by atoms with E-state index < -0.39 is 0 Å². The molecular formula is C12H11ClN2O2. The van der Waals surface area contributed by atoms with Crippen molar-refractivity contribution in [1.29, 1.82) is 0 Å². The summed E-state index contributed by atoms with van der Waals surface area (Å²) in [5.74, 6) is 0.720. The van der Waals surface area contributed by atoms with Gasteiger partial charge >= 0.3 is 0 Å². The van der Waals surface area contributed by atoms with Crippen LogP contribution in [0.5, 0.6) is 5.75 Å². The van der Waals surface area contributed by atoms with Crippen LogP contribution in [-0.2, 0) is 11.3 Å². The molecule has 0 bridgehead atoms. The van der Waals surface area contributed by atoms with E-state index in [-0.39, 0.29) is 5.75 Å². The minimum Gasteiger partial charge on any atom is -0.508 e. The first-order chi connectivity index (χ1) is 8.19. The molecule has 0 amide bonds. The Kier molecular flexibility index (Phi) is 3.56. The van der Waals surface area contributed by atoms with Gasteiger partial charge in [0.05, 0.1) is 12.3 Å². The highest BCUT2D eigenvalue weighted by molar-refractivity contribution is 6.29. The molecule has 1 heterocycles. The fraction of sp³-hybridized carbons (Fsp3) is 0.167. The normalized spacial score (nSPS) is 10.5. The minimum absolute atomic E-state index is 0.202. The van der Waals surface area contributed by atoms with Gasteiger partial charge in [-0.15, -0.1) is 0 Å². The van der Waals surface area contributed by atoms with Gasteiger partial charge < -0.3 is 9.84 Å². The number of hydrogen-bond acceptors (Lipinski definition) is 4. The summed E-state index contributed by atoms with van der Waals surface area (Å²) in [6, 6.07) is 8.29. The molecule has 1 aromatic carbocycles. The molecule has 5 heteroatoms. The zero-order chi connectivity index (χ0) is 12.3. The van der Waals surface area contributed by atoms with Crippen LogP contribution in [-0.4, -0.2) is 22.2 Å². The summed E-state index contributed by atoms with van der Waals surface area (Å²) in [5.41, 5.74) is 1.51. The third kappa shape index (κ3) is 2.93. The Hall–Kier alpha value is -1.65. The first-order valence-corrected chi connectivity index (χ1v) is 5.38. The zero-order valence-corrected chi connectivity index (χ0v) is 9.98. The summed E-state index contributed by atoms with van der Waals surface area (Å²) in [6.07, 6.45) is 0. The predicted octanol–water partition coefficient (Wildman–Crippen LogP) is 2.65. The Labute approximate surface area is 104 Å². The molecular weight excluding hydrogens is 240 g/mol. The van der Waals surface area contributed by atoms with Crippen LogP contribution in [0.2, 0.25) is 5.15 Å². The molecule has 2 rings (SSSR count). The lowest BCUT2D eigenvalue weighted by atomic mass is 10.2. The number of nitrogens with zero attached hydrogens (tertiary/aromatic N) is 2. The van der Waals surface area contributed by atoms with Crippen LogP contribution in [0.1, 0.15) is 5.69 Å². The van der Waals surface area contributed by atoms with Crippen LogP contribution >= 0.6 is 11.6 Å². The van der Waals surface area contributed by atoms with Crippen molar-refractivity contribution in [3.8, 4) is 17.1 Å². The Bertz CT molecular complexity index is 514. The first kappa shape index (κ1) is 11.8. The summed E-state index contributed by atoms with van der Waals surface area (Å²) < 4.78 is 5.00. The second-order valence-corrected chi connectivity index (χ2v) is 3.87. The highest BCUT2D eigenvalue weighted by Crippen LogP contribution is 2.20. The summed E-state index contributed by atoms with van der Waals surface area (Å²) >= 11 is 5.91. The average molecular weight is 251 g/mol. The van der Waals surface area contributed by atoms with Gasteiger partial charge in [0.2, 0.25) is 0 Å². The van der Waals surface area contributed by atoms with Crippen LogP contribution in [0.3, 0.4) is 0 Å². The average Bonchev–Trinajstić information content (AvgIpc) is 2.29. The molecule has 1 N–H and O–H groups in total. The molecule has 0 fully saturated rings. The summed E-state index contributed by atoms with van der Waals surface area (Å²) in [6.45, 7) is 0.382. The van der Waals surface area contributed by atoms with Crippen LogP contribution in [0.15, 0.2) is 30.3 Å². The monoisotopic (exact) mass is 250 g/mol. The van der Waals surface area contributed by atoms with E-state index in [0.717, 1.165) is 11.3 Å². The second-order valence-electron chi connectivity index (χ2n) is 3.49. The lowest BCUT2D eigenvalue weighted by Crippen LogP contribution is -1.97. The number of aromatic nitrogens is 2. The maximum atomic E-state index is 9.21. The maximum absolute atomic E-state index is 9.21. The largest absolute Gasteiger partial charge is 0.508 e. The molecule has 0 radical (unpaired) electrons. The Balaban J connectivity index is 2.40. The minimum atomic E-state index is 0.202. The van der Waals surface area contributed by atoms with Crippen molar-refractivity contribution >= 4 is 11.6 Å². The molecule has 0 aliphatic heterocycles. The number of hydrogen-bond donors (Lipinski definition) is 1. The quantitative estimate of drug-likeness (QED) is 0.851. The van der Waals surface area contributed by atoms with E-state index in [1.165, 1.54) is 0 Å². The number of phenolic OH excluding ortho intramolecular Hbond substituents is 1. The van der Waals surface area contributed by atoms with Gasteiger partial charge in [-0.05, 0) is 30.3 Å². The fourth-order valence-corrected chi connectivity index (χ4v) is 1.63. The summed E-state index contributed by atoms with van der Waals surface area (Å²) in [4.78, 5) is 8.45. The third-order valence-corrected chi connectivity index (χ3v) is 2.36. The van der Waals surface area contributed by atoms with Gasteiger partial charge in [-0.2, -0.15) is 0 Å². The lowest BCUT2D eigenvalue weighted by Gasteiger charge is -2.04. The standard InChI is InChI=1S/C12H11ClN2O2/c1-17-7-9-6-11(13)15-12(14-9)8-2-4-10(16)5-3-8/h2-6,16H,7H2,1H3. The number of methoxy groups -OCH3 is 1. The van der Waals surface area contributed by atoms with Crippen molar-refractivity contribution in [2.75, 3.05) is 7.11 Å². The Morgan fingerprint density at radius 3 is 2.59 bits per heavy atom. The van der Waals surface area contributed by atoms with Crippen molar-refractivity contribution in [3.63, 3.8) is 0 Å². The van der Waals surface area contributed by atoms with E-state index >= 15 is 0 Å². The highest BCUT2D eigenvalue weighted by atomic mass is 35.5. The van der Waals surface area contributed by atoms with Gasteiger partial charge in [0.15, 0.2) is 5.82 Å². The molecule has 17 heavy (non-hydrogen) atoms. The summed E-state index contributed by atoms with van der Waals surface area (Å²) in [7, 11) is 1.59. The van der Waals surface area contributed by atoms with E-state index in [1.54, 1.807) is 37.4 Å². The first-order valence-electron chi connectivity index (χ1n) is 5.01. The van der Waals surface area contributed by atoms with E-state index in [4.69, 9.17) is 16.3 Å². The van der Waals surface area contributed by atoms with Crippen molar-refractivity contribution in [1.82, 2.24) is 9.97 Å². The van der Waals surface area contributed by atoms with Crippen molar-refractivity contribution in [2.45, 2.75) is 6.61 Å². The third-order valence-electron chi connectivity index (χ3n) is 2.17. The number of aromatic hydroxyl groups is 1. The molecule has 0 saturated carbocycles. The van der Waals surface area contributed by atoms with Gasteiger partial charge in [-0.25, -0.2) is 9.97 Å². The Morgan fingerprint density at radius 1 is 1.24 bits per heavy atom. The van der Waals surface area contributed by atoms with Gasteiger partial charge in [0, 0.05) is 12.7 Å². The molecule has 88 valence electrons.